The van der Waals surface area contributed by atoms with Gasteiger partial charge in [-0.15, -0.1) is 0 Å². The van der Waals surface area contributed by atoms with Crippen LogP contribution >= 0.6 is 45.1 Å². The van der Waals surface area contributed by atoms with Gasteiger partial charge in [-0.1, -0.05) is 21.6 Å². The van der Waals surface area contributed by atoms with Crippen LogP contribution in [0.2, 0.25) is 0 Å². The lowest BCUT2D eigenvalue weighted by atomic mass is 10.3. The van der Waals surface area contributed by atoms with E-state index in [0.717, 1.165) is 24.3 Å². The zero-order chi connectivity index (χ0) is 12.2. The largest absolute Gasteiger partial charge is 0.327 e. The third-order valence-corrected chi connectivity index (χ3v) is 5.93. The van der Waals surface area contributed by atoms with E-state index in [4.69, 9.17) is 11.5 Å². The summed E-state index contributed by atoms with van der Waals surface area (Å²) >= 11 is 3.73. The van der Waals surface area contributed by atoms with Crippen LogP contribution in [-0.4, -0.2) is 47.6 Å². The highest BCUT2D eigenvalue weighted by atomic mass is 33.1. The maximum Gasteiger partial charge on any atom is 0.0189 e. The van der Waals surface area contributed by atoms with Crippen molar-refractivity contribution in [2.75, 3.05) is 35.5 Å². The Morgan fingerprint density at radius 3 is 1.50 bits per heavy atom. The van der Waals surface area contributed by atoms with Gasteiger partial charge in [0.25, 0.3) is 0 Å². The number of hydrogen-bond donors (Lipinski definition) is 2. The molecule has 2 unspecified atom stereocenters. The molecule has 4 N–H and O–H groups in total. The fourth-order valence-corrected chi connectivity index (χ4v) is 4.55. The van der Waals surface area contributed by atoms with Crippen molar-refractivity contribution >= 4 is 45.1 Å². The molecule has 0 radical (unpaired) electrons. The van der Waals surface area contributed by atoms with Crippen LogP contribution in [0.5, 0.6) is 0 Å². The van der Waals surface area contributed by atoms with Gasteiger partial charge >= 0.3 is 0 Å². The monoisotopic (exact) mass is 300 g/mol. The van der Waals surface area contributed by atoms with Gasteiger partial charge in [-0.25, -0.2) is 0 Å². The Labute approximate surface area is 117 Å². The smallest absolute Gasteiger partial charge is 0.0189 e. The van der Waals surface area contributed by atoms with Crippen molar-refractivity contribution in [1.82, 2.24) is 0 Å². The predicted octanol–water partition coefficient (Wildman–Crippen LogP) is 2.53. The van der Waals surface area contributed by atoms with Crippen LogP contribution < -0.4 is 11.5 Å². The molecule has 0 saturated carbocycles. The minimum absolute atomic E-state index is 0.340. The Hall–Kier alpha value is 1.32. The quantitative estimate of drug-likeness (QED) is 0.452. The van der Waals surface area contributed by atoms with E-state index in [1.54, 1.807) is 0 Å². The molecular formula is C10H24N2S4. The molecule has 0 aliphatic carbocycles. The summed E-state index contributed by atoms with van der Waals surface area (Å²) in [7, 11) is 3.74. The predicted molar refractivity (Wildman–Crippen MR) is 86.9 cm³/mol. The molecule has 0 saturated heterocycles. The first-order chi connectivity index (χ1) is 7.70. The average Bonchev–Trinajstić information content (AvgIpc) is 2.29. The average molecular weight is 301 g/mol. The molecular weight excluding hydrogens is 276 g/mol. The van der Waals surface area contributed by atoms with Crippen LogP contribution in [0, 0.1) is 0 Å². The van der Waals surface area contributed by atoms with Crippen molar-refractivity contribution in [3.8, 4) is 0 Å². The Bertz CT molecular complexity index is 133. The second kappa shape index (κ2) is 12.8. The topological polar surface area (TPSA) is 52.0 Å². The van der Waals surface area contributed by atoms with Crippen molar-refractivity contribution < 1.29 is 0 Å². The highest BCUT2D eigenvalue weighted by Crippen LogP contribution is 2.23. The summed E-state index contributed by atoms with van der Waals surface area (Å²) in [6, 6.07) is 0.680. The summed E-state index contributed by atoms with van der Waals surface area (Å²) in [6.45, 7) is 0. The lowest BCUT2D eigenvalue weighted by molar-refractivity contribution is 0.731. The number of rotatable bonds is 11. The van der Waals surface area contributed by atoms with Gasteiger partial charge in [-0.3, -0.25) is 0 Å². The van der Waals surface area contributed by atoms with Gasteiger partial charge in [0, 0.05) is 23.6 Å². The molecule has 0 aliphatic heterocycles. The van der Waals surface area contributed by atoms with Crippen LogP contribution in [0.1, 0.15) is 12.8 Å². The SMILES string of the molecule is CSCCC(N)CSSCC(N)CCSC. The van der Waals surface area contributed by atoms with Gasteiger partial charge in [-0.2, -0.15) is 23.5 Å². The molecule has 0 aromatic rings. The van der Waals surface area contributed by atoms with Crippen LogP contribution in [-0.2, 0) is 0 Å². The molecule has 0 fully saturated rings. The second-order valence-corrected chi connectivity index (χ2v) is 8.18. The van der Waals surface area contributed by atoms with Crippen LogP contribution in [0.3, 0.4) is 0 Å². The molecule has 2 atom stereocenters. The van der Waals surface area contributed by atoms with Gasteiger partial charge in [0.2, 0.25) is 0 Å². The Morgan fingerprint density at radius 1 is 0.812 bits per heavy atom. The summed E-state index contributed by atoms with van der Waals surface area (Å²) in [4.78, 5) is 0. The summed E-state index contributed by atoms with van der Waals surface area (Å²) in [5.41, 5.74) is 11.9. The van der Waals surface area contributed by atoms with Gasteiger partial charge < -0.3 is 11.5 Å². The van der Waals surface area contributed by atoms with Crippen molar-refractivity contribution in [1.29, 1.82) is 0 Å². The molecule has 0 amide bonds. The standard InChI is InChI=1S/C10H24N2S4/c1-13-5-3-9(11)7-15-16-8-10(12)4-6-14-2/h9-10H,3-8,11-12H2,1-2H3. The van der Waals surface area contributed by atoms with Gasteiger partial charge in [0.1, 0.15) is 0 Å². The minimum Gasteiger partial charge on any atom is -0.327 e. The highest BCUT2D eigenvalue weighted by molar-refractivity contribution is 8.76. The summed E-state index contributed by atoms with van der Waals surface area (Å²) in [6.07, 6.45) is 6.49. The van der Waals surface area contributed by atoms with E-state index in [1.807, 2.05) is 45.1 Å². The van der Waals surface area contributed by atoms with Crippen LogP contribution in [0.25, 0.3) is 0 Å². The Morgan fingerprint density at radius 2 is 1.19 bits per heavy atom. The maximum atomic E-state index is 5.97. The van der Waals surface area contributed by atoms with Crippen molar-refractivity contribution in [3.63, 3.8) is 0 Å². The second-order valence-electron chi connectivity index (χ2n) is 3.65. The summed E-state index contributed by atoms with van der Waals surface area (Å²) in [5, 5.41) is 0. The first-order valence-electron chi connectivity index (χ1n) is 5.44. The number of thioether (sulfide) groups is 2. The zero-order valence-corrected chi connectivity index (χ0v) is 13.5. The van der Waals surface area contributed by atoms with E-state index in [0.29, 0.717) is 12.1 Å². The van der Waals surface area contributed by atoms with E-state index >= 15 is 0 Å². The Balaban J connectivity index is 3.24. The summed E-state index contributed by atoms with van der Waals surface area (Å²) in [5.74, 6) is 4.42. The molecule has 0 aliphatic rings. The van der Waals surface area contributed by atoms with Crippen LogP contribution in [0.4, 0.5) is 0 Å². The fraction of sp³-hybridized carbons (Fsp3) is 1.00. The molecule has 6 heteroatoms. The van der Waals surface area contributed by atoms with Crippen molar-refractivity contribution in [3.05, 3.63) is 0 Å². The molecule has 0 spiro atoms. The van der Waals surface area contributed by atoms with Gasteiger partial charge in [0.05, 0.1) is 0 Å². The molecule has 0 aromatic carbocycles. The lowest BCUT2D eigenvalue weighted by Gasteiger charge is -2.12. The van der Waals surface area contributed by atoms with E-state index in [9.17, 15) is 0 Å². The highest BCUT2D eigenvalue weighted by Gasteiger charge is 2.05. The van der Waals surface area contributed by atoms with E-state index in [1.165, 1.54) is 11.5 Å². The minimum atomic E-state index is 0.340. The fourth-order valence-electron chi connectivity index (χ4n) is 0.976. The summed E-state index contributed by atoms with van der Waals surface area (Å²) < 4.78 is 0. The zero-order valence-electron chi connectivity index (χ0n) is 10.2. The Kier molecular flexibility index (Phi) is 13.8. The first-order valence-corrected chi connectivity index (χ1v) is 10.7. The van der Waals surface area contributed by atoms with Crippen molar-refractivity contribution in [2.24, 2.45) is 11.5 Å². The van der Waals surface area contributed by atoms with Gasteiger partial charge in [0.15, 0.2) is 0 Å². The molecule has 0 aromatic heterocycles. The molecule has 0 rings (SSSR count). The number of hydrogen-bond acceptors (Lipinski definition) is 6. The van der Waals surface area contributed by atoms with Crippen LogP contribution in [0.15, 0.2) is 0 Å². The van der Waals surface area contributed by atoms with E-state index in [2.05, 4.69) is 12.5 Å². The van der Waals surface area contributed by atoms with Gasteiger partial charge in [-0.05, 0) is 36.9 Å². The molecule has 0 bridgehead atoms. The molecule has 16 heavy (non-hydrogen) atoms. The molecule has 98 valence electrons. The number of nitrogens with two attached hydrogens (primary N) is 2. The first kappa shape index (κ1) is 17.3. The van der Waals surface area contributed by atoms with E-state index in [-0.39, 0.29) is 0 Å². The molecule has 0 heterocycles. The third-order valence-electron chi connectivity index (χ3n) is 2.03. The maximum absolute atomic E-state index is 5.97. The molecule has 2 nitrogen and oxygen atoms in total. The van der Waals surface area contributed by atoms with Crippen molar-refractivity contribution in [2.45, 2.75) is 24.9 Å². The third kappa shape index (κ3) is 11.8. The van der Waals surface area contributed by atoms with E-state index < -0.39 is 0 Å². The lowest BCUT2D eigenvalue weighted by Crippen LogP contribution is -2.24. The normalized spacial score (nSPS) is 15.0.